The fourth-order valence-corrected chi connectivity index (χ4v) is 5.20. The smallest absolute Gasteiger partial charge is 0.283 e. The van der Waals surface area contributed by atoms with Crippen LogP contribution in [-0.4, -0.2) is 31.5 Å². The molecule has 2 aliphatic heterocycles. The number of amidine groups is 2. The topological polar surface area (TPSA) is 73.8 Å². The molecule has 0 unspecified atom stereocenters. The normalized spacial score (nSPS) is 21.1. The highest BCUT2D eigenvalue weighted by Crippen LogP contribution is 2.36. The summed E-state index contributed by atoms with van der Waals surface area (Å²) < 4.78 is 1.94. The molecule has 8 heteroatoms. The highest BCUT2D eigenvalue weighted by molar-refractivity contribution is 8.27. The third-order valence-corrected chi connectivity index (χ3v) is 6.92. The molecule has 3 aliphatic rings. The zero-order chi connectivity index (χ0) is 20.7. The molecule has 1 aromatic heterocycles. The standard InChI is InChI=1S/C22H20ClN5OS/c23-15-8-10-16(11-9-15)27-12-4-7-17(27)13-18-19(24)28-22(25-20(18)29)30-21(26-28)14-5-2-1-3-6-14/h4,7-14,24H,1-3,5-6H2/b18-13+,24-19?. The van der Waals surface area contributed by atoms with E-state index in [4.69, 9.17) is 17.0 Å². The van der Waals surface area contributed by atoms with Crippen molar-refractivity contribution in [1.82, 2.24) is 9.58 Å². The van der Waals surface area contributed by atoms with E-state index >= 15 is 0 Å². The molecule has 6 nitrogen and oxygen atoms in total. The van der Waals surface area contributed by atoms with E-state index in [1.54, 1.807) is 6.08 Å². The van der Waals surface area contributed by atoms with Crippen molar-refractivity contribution in [3.8, 4) is 5.69 Å². The van der Waals surface area contributed by atoms with Crippen LogP contribution in [0.25, 0.3) is 11.8 Å². The van der Waals surface area contributed by atoms with Crippen molar-refractivity contribution in [1.29, 1.82) is 5.41 Å². The van der Waals surface area contributed by atoms with Crippen molar-refractivity contribution in [2.75, 3.05) is 0 Å². The predicted octanol–water partition coefficient (Wildman–Crippen LogP) is 5.33. The molecular formula is C22H20ClN5OS. The van der Waals surface area contributed by atoms with Crippen molar-refractivity contribution in [2.45, 2.75) is 32.1 Å². The lowest BCUT2D eigenvalue weighted by molar-refractivity contribution is -0.114. The van der Waals surface area contributed by atoms with Gasteiger partial charge in [-0.25, -0.2) is 0 Å². The minimum atomic E-state index is -0.400. The summed E-state index contributed by atoms with van der Waals surface area (Å²) >= 11 is 7.44. The molecule has 3 heterocycles. The third-order valence-electron chi connectivity index (χ3n) is 5.60. The summed E-state index contributed by atoms with van der Waals surface area (Å²) in [5.74, 6) is 0.0874. The van der Waals surface area contributed by atoms with Crippen molar-refractivity contribution in [2.24, 2.45) is 16.0 Å². The van der Waals surface area contributed by atoms with E-state index in [1.807, 2.05) is 47.2 Å². The molecule has 2 aromatic rings. The van der Waals surface area contributed by atoms with Crippen LogP contribution in [0.4, 0.5) is 0 Å². The number of hydrogen-bond donors (Lipinski definition) is 1. The van der Waals surface area contributed by atoms with Gasteiger partial charge in [-0.05, 0) is 67.1 Å². The van der Waals surface area contributed by atoms with Gasteiger partial charge in [0.15, 0.2) is 5.84 Å². The Morgan fingerprint density at radius 3 is 2.67 bits per heavy atom. The molecule has 1 fully saturated rings. The highest BCUT2D eigenvalue weighted by atomic mass is 35.5. The molecule has 152 valence electrons. The molecular weight excluding hydrogens is 418 g/mol. The van der Waals surface area contributed by atoms with Crippen LogP contribution in [0.2, 0.25) is 5.02 Å². The Balaban J connectivity index is 1.46. The van der Waals surface area contributed by atoms with Crippen LogP contribution in [0, 0.1) is 11.3 Å². The Morgan fingerprint density at radius 1 is 1.13 bits per heavy atom. The van der Waals surface area contributed by atoms with Gasteiger partial charge < -0.3 is 4.57 Å². The van der Waals surface area contributed by atoms with E-state index in [2.05, 4.69) is 10.1 Å². The number of nitrogens with one attached hydrogen (secondary N) is 1. The maximum atomic E-state index is 12.7. The number of carbonyl (C=O) groups is 1. The summed E-state index contributed by atoms with van der Waals surface area (Å²) in [6.07, 6.45) is 9.54. The molecule has 1 N–H and O–H groups in total. The first-order valence-corrected chi connectivity index (χ1v) is 11.2. The number of halogens is 1. The summed E-state index contributed by atoms with van der Waals surface area (Å²) in [6, 6.07) is 11.3. The van der Waals surface area contributed by atoms with Crippen LogP contribution >= 0.6 is 23.4 Å². The van der Waals surface area contributed by atoms with Crippen LogP contribution in [0.3, 0.4) is 0 Å². The zero-order valence-corrected chi connectivity index (χ0v) is 17.8. The lowest BCUT2D eigenvalue weighted by atomic mass is 9.90. The molecule has 30 heavy (non-hydrogen) atoms. The van der Waals surface area contributed by atoms with E-state index in [1.165, 1.54) is 36.0 Å². The SMILES string of the molecule is N=C1/C(=C\c2cccn2-c2ccc(Cl)cc2)C(=O)N=C2SC(C3CCCCC3)=NN12. The highest BCUT2D eigenvalue weighted by Gasteiger charge is 2.38. The molecule has 1 amide bonds. The fraction of sp³-hybridized carbons (Fsp3) is 0.273. The number of hydrogen-bond acceptors (Lipinski definition) is 4. The van der Waals surface area contributed by atoms with Crippen molar-refractivity contribution >= 4 is 51.4 Å². The van der Waals surface area contributed by atoms with E-state index in [9.17, 15) is 4.79 Å². The van der Waals surface area contributed by atoms with Crippen LogP contribution < -0.4 is 0 Å². The van der Waals surface area contributed by atoms with Crippen molar-refractivity contribution in [3.63, 3.8) is 0 Å². The van der Waals surface area contributed by atoms with Gasteiger partial charge in [0, 0.05) is 28.5 Å². The number of hydrazone groups is 1. The molecule has 5 rings (SSSR count). The van der Waals surface area contributed by atoms with Gasteiger partial charge in [-0.2, -0.15) is 15.1 Å². The summed E-state index contributed by atoms with van der Waals surface area (Å²) in [4.78, 5) is 17.0. The summed E-state index contributed by atoms with van der Waals surface area (Å²) in [5, 5.41) is 16.9. The molecule has 0 radical (unpaired) electrons. The van der Waals surface area contributed by atoms with E-state index < -0.39 is 5.91 Å². The number of thioether (sulfide) groups is 1. The number of rotatable bonds is 3. The Morgan fingerprint density at radius 2 is 1.90 bits per heavy atom. The fourth-order valence-electron chi connectivity index (χ4n) is 4.02. The Bertz CT molecular complexity index is 1110. The molecule has 1 saturated carbocycles. The van der Waals surface area contributed by atoms with Crippen molar-refractivity contribution in [3.05, 3.63) is 58.9 Å². The first kappa shape index (κ1) is 19.3. The number of amides is 1. The Hall–Kier alpha value is -2.64. The van der Waals surface area contributed by atoms with Crippen LogP contribution in [0.15, 0.2) is 58.3 Å². The maximum Gasteiger partial charge on any atom is 0.283 e. The van der Waals surface area contributed by atoms with Gasteiger partial charge in [0.1, 0.15) is 5.04 Å². The average Bonchev–Trinajstić information content (AvgIpc) is 3.39. The molecule has 0 atom stereocenters. The monoisotopic (exact) mass is 437 g/mol. The van der Waals surface area contributed by atoms with Gasteiger partial charge in [-0.1, -0.05) is 30.9 Å². The number of carbonyl (C=O) groups excluding carboxylic acids is 1. The van der Waals surface area contributed by atoms with Crippen LogP contribution in [0.5, 0.6) is 0 Å². The molecule has 1 aliphatic carbocycles. The maximum absolute atomic E-state index is 12.7. The van der Waals surface area contributed by atoms with Gasteiger partial charge in [-0.3, -0.25) is 10.2 Å². The van der Waals surface area contributed by atoms with Crippen molar-refractivity contribution < 1.29 is 4.79 Å². The molecule has 0 saturated heterocycles. The van der Waals surface area contributed by atoms with Gasteiger partial charge in [0.05, 0.1) is 5.57 Å². The second-order valence-electron chi connectivity index (χ2n) is 7.57. The van der Waals surface area contributed by atoms with E-state index in [0.29, 0.717) is 16.1 Å². The number of nitrogens with zero attached hydrogens (tertiary/aromatic N) is 4. The molecule has 0 spiro atoms. The predicted molar refractivity (Wildman–Crippen MR) is 122 cm³/mol. The third kappa shape index (κ3) is 3.52. The second-order valence-corrected chi connectivity index (χ2v) is 9.00. The molecule has 0 bridgehead atoms. The van der Waals surface area contributed by atoms with Crippen LogP contribution in [-0.2, 0) is 4.79 Å². The van der Waals surface area contributed by atoms with Gasteiger partial charge in [0.25, 0.3) is 5.91 Å². The quantitative estimate of drug-likeness (QED) is 0.659. The number of fused-ring (bicyclic) bond motifs is 1. The summed E-state index contributed by atoms with van der Waals surface area (Å²) in [6.45, 7) is 0. The van der Waals surface area contributed by atoms with Gasteiger partial charge in [-0.15, -0.1) is 0 Å². The zero-order valence-electron chi connectivity index (χ0n) is 16.2. The summed E-state index contributed by atoms with van der Waals surface area (Å²) in [5.41, 5.74) is 1.94. The number of aliphatic imine (C=N–C) groups is 1. The average molecular weight is 438 g/mol. The minimum Gasteiger partial charge on any atom is -0.317 e. The Labute approximate surface area is 183 Å². The van der Waals surface area contributed by atoms with Gasteiger partial charge >= 0.3 is 0 Å². The van der Waals surface area contributed by atoms with Gasteiger partial charge in [0.2, 0.25) is 5.17 Å². The van der Waals surface area contributed by atoms with E-state index in [-0.39, 0.29) is 11.4 Å². The molecule has 1 aromatic carbocycles. The van der Waals surface area contributed by atoms with Crippen LogP contribution in [0.1, 0.15) is 37.8 Å². The number of benzene rings is 1. The largest absolute Gasteiger partial charge is 0.317 e. The van der Waals surface area contributed by atoms with E-state index in [0.717, 1.165) is 29.3 Å². The lowest BCUT2D eigenvalue weighted by Crippen LogP contribution is -2.35. The minimum absolute atomic E-state index is 0.0761. The summed E-state index contributed by atoms with van der Waals surface area (Å²) in [7, 11) is 0. The lowest BCUT2D eigenvalue weighted by Gasteiger charge is -2.20. The number of aromatic nitrogens is 1. The first-order valence-electron chi connectivity index (χ1n) is 10.0. The second kappa shape index (κ2) is 7.89. The Kier molecular flexibility index (Phi) is 5.08. The first-order chi connectivity index (χ1) is 14.6.